The van der Waals surface area contributed by atoms with Gasteiger partial charge in [0.15, 0.2) is 0 Å². The molecule has 0 unspecified atom stereocenters. The predicted molar refractivity (Wildman–Crippen MR) is 60.7 cm³/mol. The first-order chi connectivity index (χ1) is 7.19. The van der Waals surface area contributed by atoms with Crippen molar-refractivity contribution in [2.24, 2.45) is 0 Å². The molecule has 80 valence electrons. The molecule has 1 N–H and O–H groups in total. The lowest BCUT2D eigenvalue weighted by Gasteiger charge is -2.28. The Morgan fingerprint density at radius 1 is 1.33 bits per heavy atom. The number of nitrogens with zero attached hydrogens (tertiary/aromatic N) is 2. The van der Waals surface area contributed by atoms with Gasteiger partial charge in [-0.2, -0.15) is 5.26 Å². The third kappa shape index (κ3) is 2.97. The van der Waals surface area contributed by atoms with E-state index in [1.165, 1.54) is 0 Å². The van der Waals surface area contributed by atoms with Crippen LogP contribution in [-0.4, -0.2) is 24.3 Å². The Morgan fingerprint density at radius 2 is 1.93 bits per heavy atom. The van der Waals surface area contributed by atoms with Crippen LogP contribution in [0.15, 0.2) is 24.3 Å². The van der Waals surface area contributed by atoms with Crippen LogP contribution in [0.2, 0.25) is 0 Å². The summed E-state index contributed by atoms with van der Waals surface area (Å²) in [7, 11) is 0. The number of benzene rings is 1. The van der Waals surface area contributed by atoms with E-state index in [0.29, 0.717) is 18.2 Å². The second-order valence-electron chi connectivity index (χ2n) is 3.67. The number of aliphatic hydroxyl groups excluding tert-OH is 1. The SMILES string of the molecule is CC(C)N(CCO)c1ccc(C#N)cc1. The summed E-state index contributed by atoms with van der Waals surface area (Å²) in [5, 5.41) is 17.6. The fourth-order valence-corrected chi connectivity index (χ4v) is 1.52. The highest BCUT2D eigenvalue weighted by atomic mass is 16.3. The van der Waals surface area contributed by atoms with E-state index in [0.717, 1.165) is 5.69 Å². The Hall–Kier alpha value is -1.53. The summed E-state index contributed by atoms with van der Waals surface area (Å²) in [4.78, 5) is 2.10. The molecule has 0 aromatic heterocycles. The summed E-state index contributed by atoms with van der Waals surface area (Å²) < 4.78 is 0. The van der Waals surface area contributed by atoms with Gasteiger partial charge < -0.3 is 10.0 Å². The highest BCUT2D eigenvalue weighted by Gasteiger charge is 2.09. The molecule has 0 heterocycles. The molecule has 3 nitrogen and oxygen atoms in total. The molecule has 0 aliphatic heterocycles. The zero-order valence-corrected chi connectivity index (χ0v) is 9.14. The van der Waals surface area contributed by atoms with Gasteiger partial charge in [0.05, 0.1) is 18.2 Å². The second-order valence-corrected chi connectivity index (χ2v) is 3.67. The molecule has 15 heavy (non-hydrogen) atoms. The first-order valence-electron chi connectivity index (χ1n) is 5.06. The lowest BCUT2D eigenvalue weighted by molar-refractivity contribution is 0.299. The van der Waals surface area contributed by atoms with Crippen molar-refractivity contribution in [2.75, 3.05) is 18.1 Å². The molecule has 0 saturated carbocycles. The Balaban J connectivity index is 2.87. The minimum Gasteiger partial charge on any atom is -0.395 e. The largest absolute Gasteiger partial charge is 0.395 e. The molecular formula is C12H16N2O. The normalized spacial score (nSPS) is 10.1. The summed E-state index contributed by atoms with van der Waals surface area (Å²) >= 11 is 0. The molecule has 0 fully saturated rings. The van der Waals surface area contributed by atoms with E-state index in [4.69, 9.17) is 10.4 Å². The molecule has 3 heteroatoms. The van der Waals surface area contributed by atoms with Gasteiger partial charge >= 0.3 is 0 Å². The van der Waals surface area contributed by atoms with E-state index in [9.17, 15) is 0 Å². The topological polar surface area (TPSA) is 47.3 Å². The molecular weight excluding hydrogens is 188 g/mol. The highest BCUT2D eigenvalue weighted by Crippen LogP contribution is 2.17. The molecule has 0 atom stereocenters. The Labute approximate surface area is 90.6 Å². The van der Waals surface area contributed by atoms with Crippen molar-refractivity contribution in [3.8, 4) is 6.07 Å². The number of anilines is 1. The van der Waals surface area contributed by atoms with Gasteiger partial charge in [0.1, 0.15) is 0 Å². The quantitative estimate of drug-likeness (QED) is 0.813. The number of hydrogen-bond donors (Lipinski definition) is 1. The lowest BCUT2D eigenvalue weighted by Crippen LogP contribution is -2.33. The van der Waals surface area contributed by atoms with Crippen LogP contribution in [0.5, 0.6) is 0 Å². The van der Waals surface area contributed by atoms with E-state index in [-0.39, 0.29) is 6.61 Å². The van der Waals surface area contributed by atoms with Crippen LogP contribution >= 0.6 is 0 Å². The molecule has 0 saturated heterocycles. The van der Waals surface area contributed by atoms with Gasteiger partial charge in [-0.3, -0.25) is 0 Å². The number of hydrogen-bond acceptors (Lipinski definition) is 3. The summed E-state index contributed by atoms with van der Waals surface area (Å²) in [5.74, 6) is 0. The zero-order valence-electron chi connectivity index (χ0n) is 9.14. The molecule has 0 bridgehead atoms. The number of rotatable bonds is 4. The van der Waals surface area contributed by atoms with E-state index < -0.39 is 0 Å². The van der Waals surface area contributed by atoms with E-state index >= 15 is 0 Å². The summed E-state index contributed by atoms with van der Waals surface area (Å²) in [6, 6.07) is 9.83. The smallest absolute Gasteiger partial charge is 0.0991 e. The fourth-order valence-electron chi connectivity index (χ4n) is 1.52. The first kappa shape index (κ1) is 11.5. The van der Waals surface area contributed by atoms with E-state index in [1.54, 1.807) is 12.1 Å². The molecule has 0 spiro atoms. The van der Waals surface area contributed by atoms with Gasteiger partial charge in [-0.1, -0.05) is 0 Å². The zero-order chi connectivity index (χ0) is 11.3. The molecule has 1 aromatic carbocycles. The van der Waals surface area contributed by atoms with Crippen molar-refractivity contribution in [3.05, 3.63) is 29.8 Å². The van der Waals surface area contributed by atoms with Gasteiger partial charge in [-0.25, -0.2) is 0 Å². The predicted octanol–water partition coefficient (Wildman–Crippen LogP) is 1.77. The van der Waals surface area contributed by atoms with Crippen molar-refractivity contribution >= 4 is 5.69 Å². The van der Waals surface area contributed by atoms with Gasteiger partial charge in [-0.05, 0) is 38.1 Å². The van der Waals surface area contributed by atoms with Gasteiger partial charge in [0.25, 0.3) is 0 Å². The van der Waals surface area contributed by atoms with Crippen molar-refractivity contribution in [3.63, 3.8) is 0 Å². The molecule has 1 aromatic rings. The number of aliphatic hydroxyl groups is 1. The molecule has 0 radical (unpaired) electrons. The standard InChI is InChI=1S/C12H16N2O/c1-10(2)14(7-8-15)12-5-3-11(9-13)4-6-12/h3-6,10,15H,7-8H2,1-2H3. The number of nitriles is 1. The molecule has 0 aliphatic rings. The average molecular weight is 204 g/mol. The maximum Gasteiger partial charge on any atom is 0.0991 e. The Kier molecular flexibility index (Phi) is 4.14. The van der Waals surface area contributed by atoms with E-state index in [2.05, 4.69) is 24.8 Å². The van der Waals surface area contributed by atoms with Crippen LogP contribution in [0.1, 0.15) is 19.4 Å². The van der Waals surface area contributed by atoms with Crippen molar-refractivity contribution in [1.82, 2.24) is 0 Å². The Morgan fingerprint density at radius 3 is 2.33 bits per heavy atom. The van der Waals surface area contributed by atoms with Crippen LogP contribution < -0.4 is 4.90 Å². The lowest BCUT2D eigenvalue weighted by atomic mass is 10.2. The maximum absolute atomic E-state index is 8.95. The third-order valence-corrected chi connectivity index (χ3v) is 2.29. The first-order valence-corrected chi connectivity index (χ1v) is 5.06. The average Bonchev–Trinajstić information content (AvgIpc) is 2.26. The van der Waals surface area contributed by atoms with E-state index in [1.807, 2.05) is 12.1 Å². The van der Waals surface area contributed by atoms with Crippen molar-refractivity contribution in [1.29, 1.82) is 5.26 Å². The van der Waals surface area contributed by atoms with Crippen LogP contribution in [0.4, 0.5) is 5.69 Å². The summed E-state index contributed by atoms with van der Waals surface area (Å²) in [5.41, 5.74) is 1.70. The molecule has 0 amide bonds. The van der Waals surface area contributed by atoms with Crippen LogP contribution in [-0.2, 0) is 0 Å². The maximum atomic E-state index is 8.95. The van der Waals surface area contributed by atoms with Crippen molar-refractivity contribution in [2.45, 2.75) is 19.9 Å². The van der Waals surface area contributed by atoms with Crippen molar-refractivity contribution < 1.29 is 5.11 Å². The summed E-state index contributed by atoms with van der Waals surface area (Å²) in [6.45, 7) is 4.91. The van der Waals surface area contributed by atoms with Gasteiger partial charge in [0, 0.05) is 18.3 Å². The molecule has 1 rings (SSSR count). The monoisotopic (exact) mass is 204 g/mol. The highest BCUT2D eigenvalue weighted by molar-refractivity contribution is 5.50. The molecule has 0 aliphatic carbocycles. The van der Waals surface area contributed by atoms with Crippen LogP contribution in [0.25, 0.3) is 0 Å². The van der Waals surface area contributed by atoms with Crippen LogP contribution in [0, 0.1) is 11.3 Å². The Bertz CT molecular complexity index is 338. The van der Waals surface area contributed by atoms with Gasteiger partial charge in [-0.15, -0.1) is 0 Å². The summed E-state index contributed by atoms with van der Waals surface area (Å²) in [6.07, 6.45) is 0. The minimum atomic E-state index is 0.137. The fraction of sp³-hybridized carbons (Fsp3) is 0.417. The van der Waals surface area contributed by atoms with Gasteiger partial charge in [0.2, 0.25) is 0 Å². The van der Waals surface area contributed by atoms with Crippen LogP contribution in [0.3, 0.4) is 0 Å². The second kappa shape index (κ2) is 5.38. The minimum absolute atomic E-state index is 0.137. The third-order valence-electron chi connectivity index (χ3n) is 2.29.